The fourth-order valence-corrected chi connectivity index (χ4v) is 3.34. The maximum absolute atomic E-state index is 10.9. The molecule has 0 aromatic carbocycles. The average molecular weight is 253 g/mol. The monoisotopic (exact) mass is 253 g/mol. The first-order valence-electron chi connectivity index (χ1n) is 6.83. The van der Waals surface area contributed by atoms with Gasteiger partial charge in [0.15, 0.2) is 0 Å². The van der Waals surface area contributed by atoms with Crippen LogP contribution in [-0.4, -0.2) is 23.7 Å². The van der Waals surface area contributed by atoms with Crippen LogP contribution in [0.1, 0.15) is 53.4 Å². The molecule has 0 radical (unpaired) electrons. The maximum atomic E-state index is 10.9. The van der Waals surface area contributed by atoms with E-state index in [1.54, 1.807) is 0 Å². The van der Waals surface area contributed by atoms with Gasteiger partial charge in [-0.05, 0) is 59.3 Å². The number of hydrogen-bond acceptors (Lipinski definition) is 3. The van der Waals surface area contributed by atoms with Gasteiger partial charge in [-0.3, -0.25) is 0 Å². The van der Waals surface area contributed by atoms with Crippen LogP contribution < -0.4 is 5.32 Å². The molecule has 1 heterocycles. The summed E-state index contributed by atoms with van der Waals surface area (Å²) in [5, 5.41) is 3.68. The van der Waals surface area contributed by atoms with Crippen molar-refractivity contribution in [2.75, 3.05) is 6.61 Å². The summed E-state index contributed by atoms with van der Waals surface area (Å²) in [6.45, 7) is 12.9. The third-order valence-corrected chi connectivity index (χ3v) is 3.44. The average Bonchev–Trinajstić information content (AvgIpc) is 2.19. The number of carbonyl (C=O) groups is 1. The highest BCUT2D eigenvalue weighted by Gasteiger charge is 2.37. The van der Waals surface area contributed by atoms with Gasteiger partial charge in [-0.25, -0.2) is 4.79 Å². The molecule has 0 bridgehead atoms. The Balaban J connectivity index is 2.33. The first kappa shape index (κ1) is 15.2. The lowest BCUT2D eigenvalue weighted by atomic mass is 9.74. The Morgan fingerprint density at radius 2 is 1.89 bits per heavy atom. The second kappa shape index (κ2) is 5.87. The number of hydrogen-bond donors (Lipinski definition) is 1. The van der Waals surface area contributed by atoms with Crippen molar-refractivity contribution < 1.29 is 9.53 Å². The zero-order valence-electron chi connectivity index (χ0n) is 12.2. The van der Waals surface area contributed by atoms with E-state index in [1.165, 1.54) is 18.9 Å². The molecule has 0 aliphatic carbocycles. The van der Waals surface area contributed by atoms with Crippen LogP contribution >= 0.6 is 0 Å². The molecule has 0 amide bonds. The molecule has 1 rings (SSSR count). The molecular formula is C15H27NO2. The fraction of sp³-hybridized carbons (Fsp3) is 0.800. The second-order valence-corrected chi connectivity index (χ2v) is 6.68. The van der Waals surface area contributed by atoms with Gasteiger partial charge in [-0.1, -0.05) is 6.58 Å². The van der Waals surface area contributed by atoms with Crippen molar-refractivity contribution in [1.82, 2.24) is 5.32 Å². The first-order valence-corrected chi connectivity index (χ1v) is 6.83. The lowest BCUT2D eigenvalue weighted by molar-refractivity contribution is -0.137. The van der Waals surface area contributed by atoms with Gasteiger partial charge >= 0.3 is 5.97 Å². The molecule has 0 atom stereocenters. The van der Waals surface area contributed by atoms with Crippen molar-refractivity contribution >= 4 is 5.97 Å². The van der Waals surface area contributed by atoms with E-state index < -0.39 is 0 Å². The molecule has 1 saturated heterocycles. The molecule has 104 valence electrons. The van der Waals surface area contributed by atoms with E-state index in [4.69, 9.17) is 4.74 Å². The molecular weight excluding hydrogens is 226 g/mol. The fourth-order valence-electron chi connectivity index (χ4n) is 3.34. The topological polar surface area (TPSA) is 38.3 Å². The van der Waals surface area contributed by atoms with Crippen LogP contribution in [-0.2, 0) is 9.53 Å². The van der Waals surface area contributed by atoms with Crippen molar-refractivity contribution in [2.24, 2.45) is 5.92 Å². The van der Waals surface area contributed by atoms with Crippen LogP contribution in [0.25, 0.3) is 0 Å². The van der Waals surface area contributed by atoms with Gasteiger partial charge in [0.05, 0.1) is 6.61 Å². The highest BCUT2D eigenvalue weighted by atomic mass is 16.5. The zero-order chi connectivity index (χ0) is 13.8. The summed E-state index contributed by atoms with van der Waals surface area (Å²) in [6.07, 6.45) is 5.66. The molecule has 0 unspecified atom stereocenters. The number of carbonyl (C=O) groups excluding carboxylic acids is 1. The normalized spacial score (nSPS) is 22.4. The van der Waals surface area contributed by atoms with Gasteiger partial charge < -0.3 is 10.1 Å². The van der Waals surface area contributed by atoms with Gasteiger partial charge in [-0.15, -0.1) is 0 Å². The Bertz CT molecular complexity index is 292. The molecule has 0 aromatic heterocycles. The maximum Gasteiger partial charge on any atom is 0.330 e. The minimum absolute atomic E-state index is 0.199. The van der Waals surface area contributed by atoms with E-state index in [-0.39, 0.29) is 17.0 Å². The van der Waals surface area contributed by atoms with Crippen LogP contribution in [0.15, 0.2) is 12.7 Å². The SMILES string of the molecule is C=CC(=O)OCCCC1CC(C)(C)NC(C)(C)C1. The number of nitrogens with one attached hydrogen (secondary N) is 1. The van der Waals surface area contributed by atoms with Gasteiger partial charge in [0.2, 0.25) is 0 Å². The number of piperidine rings is 1. The first-order chi connectivity index (χ1) is 8.24. The summed E-state index contributed by atoms with van der Waals surface area (Å²) in [5.74, 6) is 0.389. The third-order valence-electron chi connectivity index (χ3n) is 3.44. The predicted molar refractivity (Wildman–Crippen MR) is 74.4 cm³/mol. The van der Waals surface area contributed by atoms with E-state index in [0.29, 0.717) is 12.5 Å². The van der Waals surface area contributed by atoms with Crippen molar-refractivity contribution in [2.45, 2.75) is 64.5 Å². The number of ether oxygens (including phenoxy) is 1. The Hall–Kier alpha value is -0.830. The molecule has 3 nitrogen and oxygen atoms in total. The quantitative estimate of drug-likeness (QED) is 0.465. The molecule has 1 aliphatic rings. The van der Waals surface area contributed by atoms with E-state index in [9.17, 15) is 4.79 Å². The molecule has 1 fully saturated rings. The van der Waals surface area contributed by atoms with Gasteiger partial charge in [0.25, 0.3) is 0 Å². The largest absolute Gasteiger partial charge is 0.463 e. The van der Waals surface area contributed by atoms with Crippen LogP contribution in [0.2, 0.25) is 0 Å². The summed E-state index contributed by atoms with van der Waals surface area (Å²) >= 11 is 0. The molecule has 1 N–H and O–H groups in total. The molecule has 0 spiro atoms. The number of rotatable bonds is 5. The predicted octanol–water partition coefficient (Wildman–Crippen LogP) is 3.05. The minimum atomic E-state index is -0.319. The Labute approximate surface area is 111 Å². The van der Waals surface area contributed by atoms with Crippen molar-refractivity contribution in [3.63, 3.8) is 0 Å². The van der Waals surface area contributed by atoms with Gasteiger partial charge in [0, 0.05) is 17.2 Å². The summed E-state index contributed by atoms with van der Waals surface area (Å²) in [4.78, 5) is 10.9. The van der Waals surface area contributed by atoms with Crippen LogP contribution in [0.5, 0.6) is 0 Å². The Kier molecular flexibility index (Phi) is 4.97. The van der Waals surface area contributed by atoms with Crippen molar-refractivity contribution in [3.05, 3.63) is 12.7 Å². The summed E-state index contributed by atoms with van der Waals surface area (Å²) in [7, 11) is 0. The van der Waals surface area contributed by atoms with Crippen LogP contribution in [0, 0.1) is 5.92 Å². The van der Waals surface area contributed by atoms with Crippen molar-refractivity contribution in [3.8, 4) is 0 Å². The Morgan fingerprint density at radius 1 is 1.33 bits per heavy atom. The third kappa shape index (κ3) is 5.21. The van der Waals surface area contributed by atoms with Gasteiger partial charge in [0.1, 0.15) is 0 Å². The zero-order valence-corrected chi connectivity index (χ0v) is 12.2. The molecule has 18 heavy (non-hydrogen) atoms. The van der Waals surface area contributed by atoms with E-state index in [1.807, 2.05) is 0 Å². The Morgan fingerprint density at radius 3 is 2.39 bits per heavy atom. The molecule has 0 aromatic rings. The standard InChI is InChI=1S/C15H27NO2/c1-6-13(17)18-9-7-8-12-10-14(2,3)16-15(4,5)11-12/h6,12,16H,1,7-11H2,2-5H3. The van der Waals surface area contributed by atoms with E-state index in [0.717, 1.165) is 12.8 Å². The minimum Gasteiger partial charge on any atom is -0.463 e. The lowest BCUT2D eigenvalue weighted by Gasteiger charge is -2.46. The van der Waals surface area contributed by atoms with Crippen LogP contribution in [0.4, 0.5) is 0 Å². The molecule has 3 heteroatoms. The van der Waals surface area contributed by atoms with Gasteiger partial charge in [-0.2, -0.15) is 0 Å². The van der Waals surface area contributed by atoms with Crippen molar-refractivity contribution in [1.29, 1.82) is 0 Å². The highest BCUT2D eigenvalue weighted by Crippen LogP contribution is 2.35. The number of esters is 1. The molecule has 1 aliphatic heterocycles. The second-order valence-electron chi connectivity index (χ2n) is 6.68. The summed E-state index contributed by atoms with van der Waals surface area (Å²) < 4.78 is 5.01. The molecule has 0 saturated carbocycles. The van der Waals surface area contributed by atoms with Crippen LogP contribution in [0.3, 0.4) is 0 Å². The highest BCUT2D eigenvalue weighted by molar-refractivity contribution is 5.81. The smallest absolute Gasteiger partial charge is 0.330 e. The van der Waals surface area contributed by atoms with E-state index >= 15 is 0 Å². The summed E-state index contributed by atoms with van der Waals surface area (Å²) in [5.41, 5.74) is 0.397. The van der Waals surface area contributed by atoms with E-state index in [2.05, 4.69) is 39.6 Å². The summed E-state index contributed by atoms with van der Waals surface area (Å²) in [6, 6.07) is 0. The lowest BCUT2D eigenvalue weighted by Crippen LogP contribution is -2.57.